The van der Waals surface area contributed by atoms with Gasteiger partial charge in [0.2, 0.25) is 0 Å². The molecule has 3 atom stereocenters. The zero-order valence-corrected chi connectivity index (χ0v) is 9.52. The number of ether oxygens (including phenoxy) is 2. The third kappa shape index (κ3) is 2.58. The number of rotatable bonds is 5. The van der Waals surface area contributed by atoms with Crippen LogP contribution in [0.25, 0.3) is 0 Å². The molecule has 0 amide bonds. The van der Waals surface area contributed by atoms with Gasteiger partial charge in [-0.3, -0.25) is 4.79 Å². The van der Waals surface area contributed by atoms with Gasteiger partial charge in [0.05, 0.1) is 25.2 Å². The summed E-state index contributed by atoms with van der Waals surface area (Å²) in [5.74, 6) is 0.350. The van der Waals surface area contributed by atoms with Gasteiger partial charge < -0.3 is 9.47 Å². The lowest BCUT2D eigenvalue weighted by atomic mass is 10.1. The summed E-state index contributed by atoms with van der Waals surface area (Å²) in [6.45, 7) is 0.755. The number of nitrogens with one attached hydrogen (secondary N) is 1. The van der Waals surface area contributed by atoms with Crippen LogP contribution in [0, 0.1) is 17.4 Å². The molecule has 2 aliphatic rings. The predicted molar refractivity (Wildman–Crippen MR) is 56.1 cm³/mol. The molecular formula is C11H18N2O3. The fourth-order valence-electron chi connectivity index (χ4n) is 2.20. The molecule has 0 aromatic rings. The van der Waals surface area contributed by atoms with Gasteiger partial charge in [0.1, 0.15) is 0 Å². The van der Waals surface area contributed by atoms with E-state index in [0.29, 0.717) is 18.8 Å². The van der Waals surface area contributed by atoms with E-state index < -0.39 is 0 Å². The van der Waals surface area contributed by atoms with Crippen LogP contribution < -0.4 is 0 Å². The van der Waals surface area contributed by atoms with E-state index >= 15 is 0 Å². The summed E-state index contributed by atoms with van der Waals surface area (Å²) in [6, 6.07) is -0.164. The highest BCUT2D eigenvalue weighted by Gasteiger charge is 2.40. The Morgan fingerprint density at radius 1 is 1.44 bits per heavy atom. The molecule has 0 radical (unpaired) electrons. The molecule has 0 saturated heterocycles. The molecule has 2 aliphatic carbocycles. The van der Waals surface area contributed by atoms with Gasteiger partial charge in [-0.1, -0.05) is 0 Å². The molecule has 0 aromatic heterocycles. The summed E-state index contributed by atoms with van der Waals surface area (Å²) in [5, 5.41) is 3.55. The Balaban J connectivity index is 1.85. The van der Waals surface area contributed by atoms with Crippen molar-refractivity contribution in [3.63, 3.8) is 0 Å². The van der Waals surface area contributed by atoms with E-state index in [1.54, 1.807) is 0 Å². The van der Waals surface area contributed by atoms with Gasteiger partial charge in [-0.15, -0.1) is 0 Å². The number of hydrogen-bond donors (Lipinski definition) is 1. The van der Waals surface area contributed by atoms with Gasteiger partial charge in [0.25, 0.3) is 0 Å². The first-order valence-electron chi connectivity index (χ1n) is 5.80. The Morgan fingerprint density at radius 2 is 2.19 bits per heavy atom. The lowest BCUT2D eigenvalue weighted by Gasteiger charge is -2.14. The highest BCUT2D eigenvalue weighted by Crippen LogP contribution is 2.34. The van der Waals surface area contributed by atoms with E-state index in [1.165, 1.54) is 20.0 Å². The molecule has 2 saturated carbocycles. The van der Waals surface area contributed by atoms with Gasteiger partial charge in [0, 0.05) is 6.61 Å². The maximum atomic E-state index is 11.4. The molecule has 16 heavy (non-hydrogen) atoms. The van der Waals surface area contributed by atoms with E-state index in [0.717, 1.165) is 6.61 Å². The van der Waals surface area contributed by atoms with Crippen LogP contribution in [0.2, 0.25) is 0 Å². The van der Waals surface area contributed by atoms with Crippen LogP contribution in [0.15, 0.2) is 5.11 Å². The van der Waals surface area contributed by atoms with Crippen molar-refractivity contribution in [2.75, 3.05) is 13.7 Å². The molecule has 1 unspecified atom stereocenters. The van der Waals surface area contributed by atoms with Crippen LogP contribution in [0.1, 0.15) is 25.7 Å². The summed E-state index contributed by atoms with van der Waals surface area (Å²) in [6.07, 6.45) is 3.66. The van der Waals surface area contributed by atoms with Crippen molar-refractivity contribution in [3.05, 3.63) is 0 Å². The van der Waals surface area contributed by atoms with Crippen molar-refractivity contribution in [3.8, 4) is 0 Å². The summed E-state index contributed by atoms with van der Waals surface area (Å²) < 4.78 is 10.4. The Bertz CT molecular complexity index is 278. The maximum Gasteiger partial charge on any atom is 0.308 e. The maximum absolute atomic E-state index is 11.4. The van der Waals surface area contributed by atoms with Crippen LogP contribution >= 0.6 is 0 Å². The van der Waals surface area contributed by atoms with E-state index in [-0.39, 0.29) is 24.0 Å². The molecule has 2 fully saturated rings. The molecule has 0 aliphatic heterocycles. The van der Waals surface area contributed by atoms with E-state index in [2.05, 4.69) is 5.11 Å². The molecule has 2 rings (SSSR count). The number of hydrogen-bond acceptors (Lipinski definition) is 5. The molecule has 5 heteroatoms. The first-order chi connectivity index (χ1) is 7.74. The van der Waals surface area contributed by atoms with Crippen LogP contribution in [0.4, 0.5) is 0 Å². The number of carbonyl (C=O) groups is 1. The quantitative estimate of drug-likeness (QED) is 0.573. The highest BCUT2D eigenvalue weighted by molar-refractivity contribution is 5.72. The molecule has 0 bridgehead atoms. The van der Waals surface area contributed by atoms with Crippen LogP contribution in [0.3, 0.4) is 0 Å². The zero-order chi connectivity index (χ0) is 11.5. The first-order valence-corrected chi connectivity index (χ1v) is 5.80. The van der Waals surface area contributed by atoms with Crippen LogP contribution in [-0.2, 0) is 14.3 Å². The molecule has 0 aromatic carbocycles. The Labute approximate surface area is 95.0 Å². The number of carbonyl (C=O) groups excluding carboxylic acids is 1. The lowest BCUT2D eigenvalue weighted by Crippen LogP contribution is -2.22. The predicted octanol–water partition coefficient (Wildman–Crippen LogP) is 1.76. The SMILES string of the molecule is COC(=O)C1C[C@H](N=N)[C@@H](OCC2CC2)C1. The largest absolute Gasteiger partial charge is 0.469 e. The fourth-order valence-corrected chi connectivity index (χ4v) is 2.20. The molecule has 0 spiro atoms. The number of nitrogens with zero attached hydrogens (tertiary/aromatic N) is 1. The minimum Gasteiger partial charge on any atom is -0.469 e. The topological polar surface area (TPSA) is 71.7 Å². The van der Waals surface area contributed by atoms with Crippen molar-refractivity contribution in [2.45, 2.75) is 37.8 Å². The standard InChI is InChI=1S/C11H18N2O3/c1-15-11(14)8-4-9(13-12)10(5-8)16-6-7-2-3-7/h7-10,12H,2-6H2,1H3/t8?,9-,10-/m0/s1. The minimum atomic E-state index is -0.203. The van der Waals surface area contributed by atoms with Crippen molar-refractivity contribution in [2.24, 2.45) is 17.0 Å². The number of methoxy groups -OCH3 is 1. The minimum absolute atomic E-state index is 0.0674. The average Bonchev–Trinajstić information content (AvgIpc) is 3.04. The zero-order valence-electron chi connectivity index (χ0n) is 9.52. The average molecular weight is 226 g/mol. The Morgan fingerprint density at radius 3 is 2.75 bits per heavy atom. The van der Waals surface area contributed by atoms with E-state index in [1.807, 2.05) is 0 Å². The van der Waals surface area contributed by atoms with Crippen LogP contribution in [0.5, 0.6) is 0 Å². The first kappa shape index (κ1) is 11.5. The van der Waals surface area contributed by atoms with Gasteiger partial charge in [-0.2, -0.15) is 5.11 Å². The second-order valence-corrected chi connectivity index (χ2v) is 4.70. The number of esters is 1. The Hall–Kier alpha value is -0.970. The molecular weight excluding hydrogens is 208 g/mol. The smallest absolute Gasteiger partial charge is 0.308 e. The van der Waals surface area contributed by atoms with E-state index in [9.17, 15) is 4.79 Å². The third-order valence-corrected chi connectivity index (χ3v) is 3.42. The molecule has 0 heterocycles. The van der Waals surface area contributed by atoms with Crippen molar-refractivity contribution >= 4 is 5.97 Å². The van der Waals surface area contributed by atoms with Crippen molar-refractivity contribution in [1.82, 2.24) is 0 Å². The van der Waals surface area contributed by atoms with Gasteiger partial charge in [-0.25, -0.2) is 5.53 Å². The van der Waals surface area contributed by atoms with Gasteiger partial charge in [0.15, 0.2) is 0 Å². The van der Waals surface area contributed by atoms with E-state index in [4.69, 9.17) is 15.0 Å². The summed E-state index contributed by atoms with van der Waals surface area (Å²) in [5.41, 5.74) is 7.11. The Kier molecular flexibility index (Phi) is 3.53. The van der Waals surface area contributed by atoms with Crippen molar-refractivity contribution < 1.29 is 14.3 Å². The van der Waals surface area contributed by atoms with Crippen molar-refractivity contribution in [1.29, 1.82) is 5.53 Å². The normalized spacial score (nSPS) is 33.7. The summed E-state index contributed by atoms with van der Waals surface area (Å²) in [4.78, 5) is 11.4. The molecule has 1 N–H and O–H groups in total. The molecule has 90 valence electrons. The fraction of sp³-hybridized carbons (Fsp3) is 0.909. The summed E-state index contributed by atoms with van der Waals surface area (Å²) in [7, 11) is 1.40. The second kappa shape index (κ2) is 4.91. The monoisotopic (exact) mass is 226 g/mol. The highest BCUT2D eigenvalue weighted by atomic mass is 16.5. The lowest BCUT2D eigenvalue weighted by molar-refractivity contribution is -0.145. The summed E-state index contributed by atoms with van der Waals surface area (Å²) >= 11 is 0. The van der Waals surface area contributed by atoms with Crippen LogP contribution in [-0.4, -0.2) is 31.8 Å². The van der Waals surface area contributed by atoms with Gasteiger partial charge in [-0.05, 0) is 31.6 Å². The molecule has 5 nitrogen and oxygen atoms in total. The van der Waals surface area contributed by atoms with Gasteiger partial charge >= 0.3 is 5.97 Å². The third-order valence-electron chi connectivity index (χ3n) is 3.42. The second-order valence-electron chi connectivity index (χ2n) is 4.70.